The van der Waals surface area contributed by atoms with Crippen molar-refractivity contribution in [3.05, 3.63) is 72.1 Å². The van der Waals surface area contributed by atoms with Gasteiger partial charge in [0.2, 0.25) is 0 Å². The molecule has 28 heavy (non-hydrogen) atoms. The van der Waals surface area contributed by atoms with Crippen molar-refractivity contribution in [2.24, 2.45) is 0 Å². The van der Waals surface area contributed by atoms with Gasteiger partial charge in [-0.1, -0.05) is 25.1 Å². The summed E-state index contributed by atoms with van der Waals surface area (Å²) >= 11 is 0. The van der Waals surface area contributed by atoms with Gasteiger partial charge < -0.3 is 20.1 Å². The zero-order chi connectivity index (χ0) is 19.9. The first-order valence-electron chi connectivity index (χ1n) is 8.99. The highest BCUT2D eigenvalue weighted by molar-refractivity contribution is 6.03. The average Bonchev–Trinajstić information content (AvgIpc) is 2.74. The molecule has 6 nitrogen and oxygen atoms in total. The van der Waals surface area contributed by atoms with E-state index in [2.05, 4.69) is 22.5 Å². The van der Waals surface area contributed by atoms with E-state index >= 15 is 0 Å². The topological polar surface area (TPSA) is 72.5 Å². The van der Waals surface area contributed by atoms with Crippen LogP contribution in [-0.2, 0) is 6.42 Å². The van der Waals surface area contributed by atoms with Gasteiger partial charge in [0.05, 0.1) is 19.9 Å². The molecule has 0 aliphatic rings. The number of benzene rings is 2. The van der Waals surface area contributed by atoms with Gasteiger partial charge in [0.15, 0.2) is 0 Å². The highest BCUT2D eigenvalue weighted by Crippen LogP contribution is 2.31. The number of amides is 1. The van der Waals surface area contributed by atoms with Crippen molar-refractivity contribution < 1.29 is 14.3 Å². The summed E-state index contributed by atoms with van der Waals surface area (Å²) < 4.78 is 10.7. The number of hydrogen-bond acceptors (Lipinski definition) is 5. The van der Waals surface area contributed by atoms with Crippen LogP contribution in [0.25, 0.3) is 0 Å². The van der Waals surface area contributed by atoms with Gasteiger partial charge in [-0.3, -0.25) is 9.78 Å². The molecule has 1 heterocycles. The van der Waals surface area contributed by atoms with E-state index in [9.17, 15) is 4.79 Å². The van der Waals surface area contributed by atoms with Crippen LogP contribution in [0.5, 0.6) is 11.5 Å². The minimum Gasteiger partial charge on any atom is -0.497 e. The molecule has 1 amide bonds. The Morgan fingerprint density at radius 2 is 1.82 bits per heavy atom. The second kappa shape index (κ2) is 8.90. The second-order valence-corrected chi connectivity index (χ2v) is 6.09. The van der Waals surface area contributed by atoms with Gasteiger partial charge in [-0.2, -0.15) is 0 Å². The molecule has 0 radical (unpaired) electrons. The number of methoxy groups -OCH3 is 2. The number of ether oxygens (including phenoxy) is 2. The molecule has 1 aromatic heterocycles. The molecule has 3 rings (SSSR count). The SMILES string of the molecule is CCc1ccccc1NC(=O)c1cc(Nc2cc(OC)ccc2OC)ccn1. The van der Waals surface area contributed by atoms with Gasteiger partial charge in [-0.05, 0) is 42.3 Å². The van der Waals surface area contributed by atoms with E-state index in [0.717, 1.165) is 29.0 Å². The summed E-state index contributed by atoms with van der Waals surface area (Å²) in [6.07, 6.45) is 2.43. The zero-order valence-electron chi connectivity index (χ0n) is 16.2. The standard InChI is InChI=1S/C22H23N3O3/c1-4-15-7-5-6-8-18(15)25-22(26)20-13-16(11-12-23-20)24-19-14-17(27-2)9-10-21(19)28-3/h5-14H,4H2,1-3H3,(H,23,24)(H,25,26). The van der Waals surface area contributed by atoms with E-state index in [0.29, 0.717) is 17.2 Å². The van der Waals surface area contributed by atoms with Crippen LogP contribution < -0.4 is 20.1 Å². The van der Waals surface area contributed by atoms with E-state index in [-0.39, 0.29) is 5.91 Å². The van der Waals surface area contributed by atoms with E-state index in [1.165, 1.54) is 0 Å². The van der Waals surface area contributed by atoms with Crippen LogP contribution in [0.4, 0.5) is 17.1 Å². The lowest BCUT2D eigenvalue weighted by atomic mass is 10.1. The Hall–Kier alpha value is -3.54. The Morgan fingerprint density at radius 1 is 1.00 bits per heavy atom. The Labute approximate surface area is 164 Å². The van der Waals surface area contributed by atoms with Crippen molar-refractivity contribution in [3.8, 4) is 11.5 Å². The number of aryl methyl sites for hydroxylation is 1. The first-order valence-corrected chi connectivity index (χ1v) is 8.99. The predicted octanol–water partition coefficient (Wildman–Crippen LogP) is 4.66. The highest BCUT2D eigenvalue weighted by Gasteiger charge is 2.12. The van der Waals surface area contributed by atoms with Gasteiger partial charge in [-0.15, -0.1) is 0 Å². The van der Waals surface area contributed by atoms with Crippen LogP contribution in [-0.4, -0.2) is 25.1 Å². The molecule has 3 aromatic rings. The van der Waals surface area contributed by atoms with Crippen LogP contribution in [0.15, 0.2) is 60.8 Å². The van der Waals surface area contributed by atoms with Crippen LogP contribution in [0.2, 0.25) is 0 Å². The van der Waals surface area contributed by atoms with E-state index < -0.39 is 0 Å². The minimum absolute atomic E-state index is 0.262. The van der Waals surface area contributed by atoms with Gasteiger partial charge in [-0.25, -0.2) is 0 Å². The molecule has 0 atom stereocenters. The summed E-state index contributed by atoms with van der Waals surface area (Å²) in [5, 5.41) is 6.19. The van der Waals surface area contributed by atoms with Gasteiger partial charge in [0, 0.05) is 23.6 Å². The second-order valence-electron chi connectivity index (χ2n) is 6.09. The maximum atomic E-state index is 12.7. The summed E-state index contributed by atoms with van der Waals surface area (Å²) in [4.78, 5) is 16.9. The summed E-state index contributed by atoms with van der Waals surface area (Å²) in [6.45, 7) is 2.05. The number of carbonyl (C=O) groups is 1. The summed E-state index contributed by atoms with van der Waals surface area (Å²) in [5.41, 5.74) is 3.64. The first kappa shape index (κ1) is 19.2. The lowest BCUT2D eigenvalue weighted by Gasteiger charge is -2.13. The molecule has 2 aromatic carbocycles. The smallest absolute Gasteiger partial charge is 0.274 e. The molecule has 0 saturated heterocycles. The van der Waals surface area contributed by atoms with Crippen molar-refractivity contribution >= 4 is 23.0 Å². The molecule has 0 spiro atoms. The molecule has 0 bridgehead atoms. The Kier molecular flexibility index (Phi) is 6.11. The quantitative estimate of drug-likeness (QED) is 0.627. The van der Waals surface area contributed by atoms with Crippen molar-refractivity contribution in [1.29, 1.82) is 0 Å². The molecule has 0 aliphatic heterocycles. The Morgan fingerprint density at radius 3 is 2.57 bits per heavy atom. The number of nitrogens with zero attached hydrogens (tertiary/aromatic N) is 1. The van der Waals surface area contributed by atoms with Crippen LogP contribution >= 0.6 is 0 Å². The highest BCUT2D eigenvalue weighted by atomic mass is 16.5. The summed E-state index contributed by atoms with van der Waals surface area (Å²) in [6, 6.07) is 16.7. The number of para-hydroxylation sites is 1. The van der Waals surface area contributed by atoms with Crippen molar-refractivity contribution in [2.75, 3.05) is 24.9 Å². The first-order chi connectivity index (χ1) is 13.6. The largest absolute Gasteiger partial charge is 0.497 e. The van der Waals surface area contributed by atoms with Crippen LogP contribution in [0.3, 0.4) is 0 Å². The maximum absolute atomic E-state index is 12.7. The number of pyridine rings is 1. The van der Waals surface area contributed by atoms with Crippen LogP contribution in [0, 0.1) is 0 Å². The number of rotatable bonds is 7. The molecule has 0 unspecified atom stereocenters. The molecule has 0 saturated carbocycles. The van der Waals surface area contributed by atoms with Crippen molar-refractivity contribution in [3.63, 3.8) is 0 Å². The monoisotopic (exact) mass is 377 g/mol. The molecule has 0 aliphatic carbocycles. The van der Waals surface area contributed by atoms with E-state index in [4.69, 9.17) is 9.47 Å². The molecular weight excluding hydrogens is 354 g/mol. The number of carbonyl (C=O) groups excluding carboxylic acids is 1. The van der Waals surface area contributed by atoms with Gasteiger partial charge in [0.1, 0.15) is 17.2 Å². The van der Waals surface area contributed by atoms with Gasteiger partial charge in [0.25, 0.3) is 5.91 Å². The zero-order valence-corrected chi connectivity index (χ0v) is 16.2. The third-order valence-corrected chi connectivity index (χ3v) is 4.32. The lowest BCUT2D eigenvalue weighted by Crippen LogP contribution is -2.15. The molecule has 2 N–H and O–H groups in total. The van der Waals surface area contributed by atoms with Crippen molar-refractivity contribution in [2.45, 2.75) is 13.3 Å². The number of hydrogen-bond donors (Lipinski definition) is 2. The molecular formula is C22H23N3O3. The van der Waals surface area contributed by atoms with E-state index in [1.54, 1.807) is 32.5 Å². The fourth-order valence-electron chi connectivity index (χ4n) is 2.84. The third kappa shape index (κ3) is 4.40. The number of anilines is 3. The Bertz CT molecular complexity index is 973. The fraction of sp³-hybridized carbons (Fsp3) is 0.182. The number of aromatic nitrogens is 1. The Balaban J connectivity index is 1.82. The number of nitrogens with one attached hydrogen (secondary N) is 2. The summed E-state index contributed by atoms with van der Waals surface area (Å²) in [5.74, 6) is 1.11. The summed E-state index contributed by atoms with van der Waals surface area (Å²) in [7, 11) is 3.21. The van der Waals surface area contributed by atoms with Crippen molar-refractivity contribution in [1.82, 2.24) is 4.98 Å². The van der Waals surface area contributed by atoms with E-state index in [1.807, 2.05) is 42.5 Å². The minimum atomic E-state index is -0.262. The molecule has 0 fully saturated rings. The average molecular weight is 377 g/mol. The predicted molar refractivity (Wildman–Crippen MR) is 111 cm³/mol. The van der Waals surface area contributed by atoms with Gasteiger partial charge >= 0.3 is 0 Å². The third-order valence-electron chi connectivity index (χ3n) is 4.32. The normalized spacial score (nSPS) is 10.2. The van der Waals surface area contributed by atoms with Crippen LogP contribution in [0.1, 0.15) is 23.0 Å². The molecule has 6 heteroatoms. The molecule has 144 valence electrons. The maximum Gasteiger partial charge on any atom is 0.274 e. The lowest BCUT2D eigenvalue weighted by molar-refractivity contribution is 0.102. The fourth-order valence-corrected chi connectivity index (χ4v) is 2.84.